The fraction of sp³-hybridized carbons (Fsp3) is 0.211. The highest BCUT2D eigenvalue weighted by atomic mass is 32.1. The highest BCUT2D eigenvalue weighted by molar-refractivity contribution is 7.22. The molecule has 1 aliphatic heterocycles. The van der Waals surface area contributed by atoms with Crippen molar-refractivity contribution in [1.29, 1.82) is 0 Å². The van der Waals surface area contributed by atoms with Crippen molar-refractivity contribution in [2.45, 2.75) is 19.4 Å². The van der Waals surface area contributed by atoms with E-state index in [0.717, 1.165) is 15.8 Å². The zero-order valence-corrected chi connectivity index (χ0v) is 14.6. The predicted octanol–water partition coefficient (Wildman–Crippen LogP) is 3.70. The van der Waals surface area contributed by atoms with Crippen molar-refractivity contribution in [3.05, 3.63) is 60.2 Å². The number of imide groups is 1. The molecular formula is C19H17N3O2S. The van der Waals surface area contributed by atoms with Gasteiger partial charge in [0.25, 0.3) is 5.91 Å². The number of benzene rings is 2. The minimum absolute atomic E-state index is 0.199. The van der Waals surface area contributed by atoms with E-state index in [9.17, 15) is 9.59 Å². The summed E-state index contributed by atoms with van der Waals surface area (Å²) in [6, 6.07) is 16.7. The van der Waals surface area contributed by atoms with E-state index >= 15 is 0 Å². The molecule has 6 heteroatoms. The highest BCUT2D eigenvalue weighted by Crippen LogP contribution is 2.33. The van der Waals surface area contributed by atoms with E-state index in [-0.39, 0.29) is 11.9 Å². The highest BCUT2D eigenvalue weighted by Gasteiger charge is 2.46. The van der Waals surface area contributed by atoms with Gasteiger partial charge in [0.2, 0.25) is 5.13 Å². The Bertz CT molecular complexity index is 905. The lowest BCUT2D eigenvalue weighted by atomic mass is 10.1. The number of nitrogens with zero attached hydrogens (tertiary/aromatic N) is 3. The lowest BCUT2D eigenvalue weighted by Gasteiger charge is -2.19. The predicted molar refractivity (Wildman–Crippen MR) is 98.8 cm³/mol. The standard InChI is InChI=1S/C19H17N3O2S/c1-2-21-15(12-13-8-4-3-5-9-13)17(23)22(19(21)24)18-20-14-10-6-7-11-16(14)25-18/h3-11,15H,2,12H2,1H3. The van der Waals surface area contributed by atoms with Crippen LogP contribution < -0.4 is 4.90 Å². The lowest BCUT2D eigenvalue weighted by molar-refractivity contribution is -0.119. The van der Waals surface area contributed by atoms with E-state index < -0.39 is 6.04 Å². The van der Waals surface area contributed by atoms with Crippen molar-refractivity contribution >= 4 is 38.6 Å². The molecule has 2 heterocycles. The molecule has 3 amide bonds. The van der Waals surface area contributed by atoms with E-state index in [4.69, 9.17) is 0 Å². The van der Waals surface area contributed by atoms with Gasteiger partial charge in [0.15, 0.2) is 0 Å². The van der Waals surface area contributed by atoms with Crippen LogP contribution in [0.2, 0.25) is 0 Å². The lowest BCUT2D eigenvalue weighted by Crippen LogP contribution is -2.36. The van der Waals surface area contributed by atoms with Crippen LogP contribution in [0.25, 0.3) is 10.2 Å². The Labute approximate surface area is 149 Å². The Morgan fingerprint density at radius 1 is 1.04 bits per heavy atom. The number of rotatable bonds is 4. The number of para-hydroxylation sites is 1. The SMILES string of the molecule is CCN1C(=O)N(c2nc3ccccc3s2)C(=O)C1Cc1ccccc1. The van der Waals surface area contributed by atoms with Gasteiger partial charge in [-0.15, -0.1) is 0 Å². The normalized spacial score (nSPS) is 17.7. The molecule has 25 heavy (non-hydrogen) atoms. The van der Waals surface area contributed by atoms with Gasteiger partial charge in [-0.1, -0.05) is 53.8 Å². The molecule has 1 unspecified atom stereocenters. The number of amides is 3. The molecule has 0 spiro atoms. The van der Waals surface area contributed by atoms with Crippen LogP contribution >= 0.6 is 11.3 Å². The second-order valence-corrected chi connectivity index (χ2v) is 6.92. The second-order valence-electron chi connectivity index (χ2n) is 5.91. The number of carbonyl (C=O) groups excluding carboxylic acids is 2. The molecule has 0 bridgehead atoms. The molecule has 3 aromatic rings. The summed E-state index contributed by atoms with van der Waals surface area (Å²) in [6.45, 7) is 2.38. The summed E-state index contributed by atoms with van der Waals surface area (Å²) in [5, 5.41) is 0.449. The average Bonchev–Trinajstić information content (AvgIpc) is 3.14. The number of likely N-dealkylation sites (N-methyl/N-ethyl adjacent to an activating group) is 1. The van der Waals surface area contributed by atoms with Gasteiger partial charge in [-0.2, -0.15) is 0 Å². The Kier molecular flexibility index (Phi) is 3.97. The fourth-order valence-electron chi connectivity index (χ4n) is 3.16. The molecule has 5 nitrogen and oxygen atoms in total. The number of aromatic nitrogens is 1. The summed E-state index contributed by atoms with van der Waals surface area (Å²) in [5.74, 6) is -0.199. The molecule has 1 fully saturated rings. The Balaban J connectivity index is 1.69. The third-order valence-electron chi connectivity index (χ3n) is 4.41. The maximum absolute atomic E-state index is 13.0. The van der Waals surface area contributed by atoms with Gasteiger partial charge < -0.3 is 4.90 Å². The molecule has 0 radical (unpaired) electrons. The number of anilines is 1. The summed E-state index contributed by atoms with van der Waals surface area (Å²) in [6.07, 6.45) is 0.515. The maximum Gasteiger partial charge on any atom is 0.333 e. The van der Waals surface area contributed by atoms with Crippen LogP contribution in [0.15, 0.2) is 54.6 Å². The monoisotopic (exact) mass is 351 g/mol. The van der Waals surface area contributed by atoms with Gasteiger partial charge in [-0.3, -0.25) is 4.79 Å². The first-order valence-electron chi connectivity index (χ1n) is 8.23. The number of hydrogen-bond donors (Lipinski definition) is 0. The van der Waals surface area contributed by atoms with Gasteiger partial charge >= 0.3 is 6.03 Å². The van der Waals surface area contributed by atoms with E-state index in [1.54, 1.807) is 4.90 Å². The van der Waals surface area contributed by atoms with Crippen LogP contribution in [0.5, 0.6) is 0 Å². The minimum Gasteiger partial charge on any atom is -0.312 e. The van der Waals surface area contributed by atoms with Crippen LogP contribution in [-0.2, 0) is 11.2 Å². The van der Waals surface area contributed by atoms with Gasteiger partial charge in [0.05, 0.1) is 10.2 Å². The third-order valence-corrected chi connectivity index (χ3v) is 5.43. The summed E-state index contributed by atoms with van der Waals surface area (Å²) < 4.78 is 0.965. The van der Waals surface area contributed by atoms with Crippen molar-refractivity contribution in [2.24, 2.45) is 0 Å². The van der Waals surface area contributed by atoms with E-state index in [1.807, 2.05) is 61.5 Å². The molecule has 1 aliphatic rings. The molecule has 4 rings (SSSR count). The van der Waals surface area contributed by atoms with Crippen LogP contribution in [-0.4, -0.2) is 34.4 Å². The zero-order chi connectivity index (χ0) is 17.4. The van der Waals surface area contributed by atoms with Gasteiger partial charge in [0.1, 0.15) is 6.04 Å². The molecule has 1 aromatic heterocycles. The fourth-order valence-corrected chi connectivity index (χ4v) is 4.13. The molecule has 0 N–H and O–H groups in total. The first-order chi connectivity index (χ1) is 12.2. The van der Waals surface area contributed by atoms with Crippen LogP contribution in [0, 0.1) is 0 Å². The molecule has 1 saturated heterocycles. The number of thiazole rings is 1. The summed E-state index contributed by atoms with van der Waals surface area (Å²) in [4.78, 5) is 33.2. The topological polar surface area (TPSA) is 53.5 Å². The van der Waals surface area contributed by atoms with Crippen LogP contribution in [0.3, 0.4) is 0 Å². The largest absolute Gasteiger partial charge is 0.333 e. The Morgan fingerprint density at radius 2 is 1.76 bits per heavy atom. The smallest absolute Gasteiger partial charge is 0.312 e. The van der Waals surface area contributed by atoms with Gasteiger partial charge in [0, 0.05) is 13.0 Å². The van der Waals surface area contributed by atoms with Crippen molar-refractivity contribution in [3.63, 3.8) is 0 Å². The maximum atomic E-state index is 13.0. The van der Waals surface area contributed by atoms with E-state index in [2.05, 4.69) is 4.98 Å². The second kappa shape index (κ2) is 6.29. The Hall–Kier alpha value is -2.73. The summed E-state index contributed by atoms with van der Waals surface area (Å²) in [5.41, 5.74) is 1.84. The summed E-state index contributed by atoms with van der Waals surface area (Å²) in [7, 11) is 0. The average molecular weight is 351 g/mol. The quantitative estimate of drug-likeness (QED) is 0.674. The van der Waals surface area contributed by atoms with Crippen molar-refractivity contribution in [1.82, 2.24) is 9.88 Å². The molecule has 1 atom stereocenters. The zero-order valence-electron chi connectivity index (χ0n) is 13.8. The van der Waals surface area contributed by atoms with Crippen molar-refractivity contribution in [3.8, 4) is 0 Å². The summed E-state index contributed by atoms with van der Waals surface area (Å²) >= 11 is 1.37. The van der Waals surface area contributed by atoms with Crippen molar-refractivity contribution in [2.75, 3.05) is 11.4 Å². The molecule has 2 aromatic carbocycles. The first-order valence-corrected chi connectivity index (χ1v) is 9.04. The number of hydrogen-bond acceptors (Lipinski definition) is 4. The van der Waals surface area contributed by atoms with E-state index in [0.29, 0.717) is 18.1 Å². The minimum atomic E-state index is -0.480. The number of carbonyl (C=O) groups is 2. The van der Waals surface area contributed by atoms with Crippen molar-refractivity contribution < 1.29 is 9.59 Å². The van der Waals surface area contributed by atoms with Crippen LogP contribution in [0.4, 0.5) is 9.93 Å². The number of fused-ring (bicyclic) bond motifs is 1. The molecule has 0 saturated carbocycles. The number of urea groups is 1. The third kappa shape index (κ3) is 2.68. The first kappa shape index (κ1) is 15.8. The molecular weight excluding hydrogens is 334 g/mol. The molecule has 0 aliphatic carbocycles. The Morgan fingerprint density at radius 3 is 2.48 bits per heavy atom. The van der Waals surface area contributed by atoms with Crippen LogP contribution in [0.1, 0.15) is 12.5 Å². The van der Waals surface area contributed by atoms with E-state index in [1.165, 1.54) is 16.2 Å². The van der Waals surface area contributed by atoms with Gasteiger partial charge in [-0.05, 0) is 24.6 Å². The molecule has 126 valence electrons. The van der Waals surface area contributed by atoms with Gasteiger partial charge in [-0.25, -0.2) is 14.7 Å².